The van der Waals surface area contributed by atoms with Gasteiger partial charge in [0.05, 0.1) is 25.8 Å². The third-order valence-corrected chi connectivity index (χ3v) is 2.56. The largest absolute Gasteiger partial charge is 0.465 e. The van der Waals surface area contributed by atoms with Gasteiger partial charge in [0.25, 0.3) is 0 Å². The van der Waals surface area contributed by atoms with Gasteiger partial charge in [-0.05, 0) is 24.6 Å². The molecule has 1 aromatic rings. The number of amides is 2. The zero-order valence-corrected chi connectivity index (χ0v) is 11.4. The van der Waals surface area contributed by atoms with Crippen LogP contribution in [0.2, 0.25) is 0 Å². The number of methoxy groups -OCH3 is 1. The van der Waals surface area contributed by atoms with Crippen molar-refractivity contribution in [3.63, 3.8) is 0 Å². The number of hydrogen-bond donors (Lipinski definition) is 3. The van der Waals surface area contributed by atoms with Gasteiger partial charge in [-0.1, -0.05) is 6.07 Å². The van der Waals surface area contributed by atoms with Gasteiger partial charge in [0.15, 0.2) is 0 Å². The Kier molecular flexibility index (Phi) is 5.67. The Morgan fingerprint density at radius 1 is 1.25 bits per heavy atom. The maximum absolute atomic E-state index is 11.7. The summed E-state index contributed by atoms with van der Waals surface area (Å²) in [4.78, 5) is 34.0. The maximum atomic E-state index is 11.7. The van der Waals surface area contributed by atoms with E-state index in [2.05, 4.69) is 15.4 Å². The predicted octanol–water partition coefficient (Wildman–Crippen LogP) is -0.205. The molecule has 0 unspecified atom stereocenters. The zero-order chi connectivity index (χ0) is 15.1. The monoisotopic (exact) mass is 279 g/mol. The molecule has 0 saturated carbocycles. The van der Waals surface area contributed by atoms with Crippen molar-refractivity contribution in [1.82, 2.24) is 5.32 Å². The van der Waals surface area contributed by atoms with Crippen LogP contribution in [-0.2, 0) is 14.3 Å². The van der Waals surface area contributed by atoms with Crippen LogP contribution >= 0.6 is 0 Å². The minimum Gasteiger partial charge on any atom is -0.465 e. The quantitative estimate of drug-likeness (QED) is 0.646. The molecule has 0 spiro atoms. The average molecular weight is 279 g/mol. The summed E-state index contributed by atoms with van der Waals surface area (Å²) in [5, 5.41) is 4.96. The Morgan fingerprint density at radius 3 is 2.55 bits per heavy atom. The maximum Gasteiger partial charge on any atom is 0.337 e. The number of rotatable bonds is 5. The molecule has 7 heteroatoms. The highest BCUT2D eigenvalue weighted by molar-refractivity contribution is 5.97. The molecule has 0 aliphatic heterocycles. The van der Waals surface area contributed by atoms with Crippen LogP contribution in [0.5, 0.6) is 0 Å². The van der Waals surface area contributed by atoms with Gasteiger partial charge in [0.1, 0.15) is 0 Å². The Bertz CT molecular complexity index is 528. The summed E-state index contributed by atoms with van der Waals surface area (Å²) >= 11 is 0. The average Bonchev–Trinajstić information content (AvgIpc) is 2.46. The van der Waals surface area contributed by atoms with Gasteiger partial charge in [-0.25, -0.2) is 4.79 Å². The van der Waals surface area contributed by atoms with Gasteiger partial charge >= 0.3 is 5.97 Å². The van der Waals surface area contributed by atoms with Crippen molar-refractivity contribution in [3.8, 4) is 0 Å². The first-order valence-corrected chi connectivity index (χ1v) is 5.93. The molecule has 7 nitrogen and oxygen atoms in total. The molecule has 0 radical (unpaired) electrons. The van der Waals surface area contributed by atoms with Gasteiger partial charge < -0.3 is 21.1 Å². The molecule has 108 valence electrons. The first kappa shape index (κ1) is 15.6. The number of aryl methyl sites for hydroxylation is 1. The molecule has 0 heterocycles. The second-order valence-electron chi connectivity index (χ2n) is 4.05. The molecule has 1 aromatic carbocycles. The number of anilines is 1. The SMILES string of the molecule is COC(=O)c1ccc(C)c(NC(=O)CNC(=O)CN)c1. The van der Waals surface area contributed by atoms with Gasteiger partial charge in [-0.3, -0.25) is 9.59 Å². The lowest BCUT2D eigenvalue weighted by Gasteiger charge is -2.10. The first-order chi connectivity index (χ1) is 9.47. The van der Waals surface area contributed by atoms with E-state index in [0.29, 0.717) is 11.3 Å². The molecule has 4 N–H and O–H groups in total. The normalized spacial score (nSPS) is 9.75. The fourth-order valence-electron chi connectivity index (χ4n) is 1.45. The van der Waals surface area contributed by atoms with E-state index in [-0.39, 0.29) is 13.1 Å². The van der Waals surface area contributed by atoms with Crippen molar-refractivity contribution in [2.45, 2.75) is 6.92 Å². The molecule has 2 amide bonds. The molecule has 0 bridgehead atoms. The van der Waals surface area contributed by atoms with Crippen molar-refractivity contribution in [1.29, 1.82) is 0 Å². The van der Waals surface area contributed by atoms with E-state index in [4.69, 9.17) is 5.73 Å². The predicted molar refractivity (Wildman–Crippen MR) is 73.2 cm³/mol. The molecule has 0 aromatic heterocycles. The molecule has 0 atom stereocenters. The van der Waals surface area contributed by atoms with Gasteiger partial charge in [0.2, 0.25) is 11.8 Å². The topological polar surface area (TPSA) is 111 Å². The second-order valence-corrected chi connectivity index (χ2v) is 4.05. The van der Waals surface area contributed by atoms with Crippen molar-refractivity contribution in [2.24, 2.45) is 5.73 Å². The molecule has 0 saturated heterocycles. The van der Waals surface area contributed by atoms with Gasteiger partial charge in [0, 0.05) is 5.69 Å². The third kappa shape index (κ3) is 4.36. The van der Waals surface area contributed by atoms with Crippen molar-refractivity contribution in [3.05, 3.63) is 29.3 Å². The third-order valence-electron chi connectivity index (χ3n) is 2.56. The summed E-state index contributed by atoms with van der Waals surface area (Å²) in [7, 11) is 1.28. The summed E-state index contributed by atoms with van der Waals surface area (Å²) in [6.45, 7) is 1.43. The minimum atomic E-state index is -0.489. The number of hydrogen-bond acceptors (Lipinski definition) is 5. The highest BCUT2D eigenvalue weighted by atomic mass is 16.5. The van der Waals surface area contributed by atoms with Crippen molar-refractivity contribution < 1.29 is 19.1 Å². The number of esters is 1. The van der Waals surface area contributed by atoms with Crippen LogP contribution in [0, 0.1) is 6.92 Å². The number of ether oxygens (including phenoxy) is 1. The molecule has 20 heavy (non-hydrogen) atoms. The summed E-state index contributed by atoms with van der Waals surface area (Å²) in [5.74, 6) is -1.31. The van der Waals surface area contributed by atoms with Gasteiger partial charge in [-0.2, -0.15) is 0 Å². The lowest BCUT2D eigenvalue weighted by Crippen LogP contribution is -2.36. The molecular weight excluding hydrogens is 262 g/mol. The van der Waals surface area contributed by atoms with Crippen molar-refractivity contribution >= 4 is 23.5 Å². The van der Waals surface area contributed by atoms with E-state index in [1.54, 1.807) is 19.1 Å². The van der Waals surface area contributed by atoms with Gasteiger partial charge in [-0.15, -0.1) is 0 Å². The Labute approximate surface area is 116 Å². The fourth-order valence-corrected chi connectivity index (χ4v) is 1.45. The smallest absolute Gasteiger partial charge is 0.337 e. The van der Waals surface area contributed by atoms with E-state index in [1.165, 1.54) is 13.2 Å². The number of nitrogens with two attached hydrogens (primary N) is 1. The van der Waals surface area contributed by atoms with Crippen LogP contribution in [-0.4, -0.2) is 38.0 Å². The van der Waals surface area contributed by atoms with E-state index >= 15 is 0 Å². The number of carbonyl (C=O) groups is 3. The van der Waals surface area contributed by atoms with Crippen LogP contribution < -0.4 is 16.4 Å². The number of nitrogens with one attached hydrogen (secondary N) is 2. The number of carbonyl (C=O) groups excluding carboxylic acids is 3. The van der Waals surface area contributed by atoms with E-state index < -0.39 is 17.8 Å². The van der Waals surface area contributed by atoms with E-state index in [1.807, 2.05) is 0 Å². The zero-order valence-electron chi connectivity index (χ0n) is 11.4. The molecule has 1 rings (SSSR count). The first-order valence-electron chi connectivity index (χ1n) is 5.93. The van der Waals surface area contributed by atoms with Crippen LogP contribution in [0.15, 0.2) is 18.2 Å². The highest BCUT2D eigenvalue weighted by Crippen LogP contribution is 2.17. The molecule has 0 aliphatic rings. The summed E-state index contributed by atoms with van der Waals surface area (Å²) in [6, 6.07) is 4.82. The lowest BCUT2D eigenvalue weighted by molar-refractivity contribution is -0.123. The van der Waals surface area contributed by atoms with Crippen LogP contribution in [0.25, 0.3) is 0 Å². The number of benzene rings is 1. The highest BCUT2D eigenvalue weighted by Gasteiger charge is 2.10. The summed E-state index contributed by atoms with van der Waals surface area (Å²) in [6.07, 6.45) is 0. The van der Waals surface area contributed by atoms with E-state index in [0.717, 1.165) is 5.56 Å². The van der Waals surface area contributed by atoms with Crippen LogP contribution in [0.3, 0.4) is 0 Å². The molecular formula is C13H17N3O4. The minimum absolute atomic E-state index is 0.176. The molecule has 0 aliphatic carbocycles. The summed E-state index contributed by atoms with van der Waals surface area (Å²) < 4.78 is 4.61. The summed E-state index contributed by atoms with van der Waals surface area (Å²) in [5.41, 5.74) is 6.72. The Hall–Kier alpha value is -2.41. The Balaban J connectivity index is 2.73. The lowest BCUT2D eigenvalue weighted by atomic mass is 10.1. The van der Waals surface area contributed by atoms with Crippen molar-refractivity contribution in [2.75, 3.05) is 25.5 Å². The molecule has 0 fully saturated rings. The van der Waals surface area contributed by atoms with Crippen LogP contribution in [0.1, 0.15) is 15.9 Å². The second kappa shape index (κ2) is 7.25. The fraction of sp³-hybridized carbons (Fsp3) is 0.308. The van der Waals surface area contributed by atoms with E-state index in [9.17, 15) is 14.4 Å². The van der Waals surface area contributed by atoms with Crippen LogP contribution in [0.4, 0.5) is 5.69 Å². The Morgan fingerprint density at radius 2 is 1.95 bits per heavy atom. The standard InChI is InChI=1S/C13H17N3O4/c1-8-3-4-9(13(19)20-2)5-10(8)16-12(18)7-15-11(17)6-14/h3-5H,6-7,14H2,1-2H3,(H,15,17)(H,16,18).